The lowest BCUT2D eigenvalue weighted by Crippen LogP contribution is -2.08. The molecular weight excluding hydrogens is 308 g/mol. The molecule has 0 bridgehead atoms. The lowest BCUT2D eigenvalue weighted by Gasteiger charge is -1.94. The van der Waals surface area contributed by atoms with Gasteiger partial charge < -0.3 is 4.98 Å². The van der Waals surface area contributed by atoms with Crippen LogP contribution in [0, 0.1) is 0 Å². The molecule has 1 amide bonds. The van der Waals surface area contributed by atoms with Crippen molar-refractivity contribution in [2.75, 3.05) is 5.32 Å². The normalized spacial score (nSPS) is 11.5. The molecule has 2 heterocycles. The van der Waals surface area contributed by atoms with Crippen molar-refractivity contribution in [1.29, 1.82) is 0 Å². The zero-order valence-electron chi connectivity index (χ0n) is 12.0. The number of benzene rings is 2. The van der Waals surface area contributed by atoms with Gasteiger partial charge in [-0.3, -0.25) is 10.1 Å². The van der Waals surface area contributed by atoms with E-state index in [1.807, 2.05) is 48.5 Å². The van der Waals surface area contributed by atoms with Crippen molar-refractivity contribution in [1.82, 2.24) is 15.0 Å². The van der Waals surface area contributed by atoms with E-state index in [9.17, 15) is 4.79 Å². The van der Waals surface area contributed by atoms with Gasteiger partial charge in [-0.05, 0) is 30.3 Å². The van der Waals surface area contributed by atoms with Crippen LogP contribution in [0.4, 0.5) is 5.95 Å². The Bertz CT molecular complexity index is 965. The van der Waals surface area contributed by atoms with Gasteiger partial charge in [0.2, 0.25) is 5.95 Å². The maximum absolute atomic E-state index is 12.0. The number of nitrogens with one attached hydrogen (secondary N) is 2. The molecule has 4 aromatic rings. The molecule has 6 heteroatoms. The first-order valence-electron chi connectivity index (χ1n) is 7.07. The van der Waals surface area contributed by atoms with Gasteiger partial charge in [0.15, 0.2) is 0 Å². The topological polar surface area (TPSA) is 70.7 Å². The molecule has 0 spiro atoms. The molecular formula is C17H12N4OS. The zero-order chi connectivity index (χ0) is 15.6. The average molecular weight is 320 g/mol. The second-order valence-electron chi connectivity index (χ2n) is 4.94. The fraction of sp³-hybridized carbons (Fsp3) is 0. The third-order valence-corrected chi connectivity index (χ3v) is 4.32. The van der Waals surface area contributed by atoms with E-state index in [4.69, 9.17) is 0 Å². The van der Waals surface area contributed by atoms with Crippen molar-refractivity contribution in [3.8, 4) is 0 Å². The molecule has 0 saturated heterocycles. The lowest BCUT2D eigenvalue weighted by atomic mass is 10.3. The summed E-state index contributed by atoms with van der Waals surface area (Å²) < 4.78 is 1.10. The van der Waals surface area contributed by atoms with Gasteiger partial charge in [0.1, 0.15) is 5.01 Å². The molecule has 0 aliphatic rings. The van der Waals surface area contributed by atoms with Crippen LogP contribution in [-0.4, -0.2) is 20.9 Å². The van der Waals surface area contributed by atoms with Crippen LogP contribution in [0.5, 0.6) is 0 Å². The number of para-hydroxylation sites is 3. The molecule has 112 valence electrons. The molecule has 0 atom stereocenters. The Hall–Kier alpha value is -2.99. The van der Waals surface area contributed by atoms with Crippen LogP contribution < -0.4 is 5.32 Å². The van der Waals surface area contributed by atoms with Crippen molar-refractivity contribution in [2.45, 2.75) is 0 Å². The van der Waals surface area contributed by atoms with Crippen LogP contribution >= 0.6 is 11.3 Å². The molecule has 2 N–H and O–H groups in total. The van der Waals surface area contributed by atoms with Crippen molar-refractivity contribution in [3.63, 3.8) is 0 Å². The van der Waals surface area contributed by atoms with E-state index in [1.165, 1.54) is 6.08 Å². The first-order chi connectivity index (χ1) is 11.3. The number of imidazole rings is 1. The zero-order valence-corrected chi connectivity index (χ0v) is 12.8. The minimum Gasteiger partial charge on any atom is -0.324 e. The Kier molecular flexibility index (Phi) is 3.36. The van der Waals surface area contributed by atoms with Gasteiger partial charge in [0.05, 0.1) is 21.3 Å². The van der Waals surface area contributed by atoms with Gasteiger partial charge in [-0.15, -0.1) is 11.3 Å². The maximum atomic E-state index is 12.0. The number of hydrogen-bond donors (Lipinski definition) is 2. The molecule has 0 saturated carbocycles. The van der Waals surface area contributed by atoms with Crippen molar-refractivity contribution in [2.24, 2.45) is 0 Å². The van der Waals surface area contributed by atoms with Crippen LogP contribution in [0.25, 0.3) is 27.3 Å². The summed E-state index contributed by atoms with van der Waals surface area (Å²) in [4.78, 5) is 23.8. The number of fused-ring (bicyclic) bond motifs is 2. The van der Waals surface area contributed by atoms with Crippen LogP contribution in [0.1, 0.15) is 5.01 Å². The van der Waals surface area contributed by atoms with E-state index in [-0.39, 0.29) is 5.91 Å². The summed E-state index contributed by atoms with van der Waals surface area (Å²) in [5.74, 6) is 0.188. The van der Waals surface area contributed by atoms with Crippen molar-refractivity contribution in [3.05, 3.63) is 59.6 Å². The highest BCUT2D eigenvalue weighted by Gasteiger charge is 2.05. The number of H-pyrrole nitrogens is 1. The summed E-state index contributed by atoms with van der Waals surface area (Å²) in [6.07, 6.45) is 3.17. The highest BCUT2D eigenvalue weighted by atomic mass is 32.1. The summed E-state index contributed by atoms with van der Waals surface area (Å²) in [5.41, 5.74) is 2.64. The monoisotopic (exact) mass is 320 g/mol. The van der Waals surface area contributed by atoms with Gasteiger partial charge >= 0.3 is 0 Å². The largest absolute Gasteiger partial charge is 0.324 e. The average Bonchev–Trinajstić information content (AvgIpc) is 3.15. The molecule has 0 aliphatic heterocycles. The number of carbonyl (C=O) groups is 1. The molecule has 2 aromatic heterocycles. The van der Waals surface area contributed by atoms with Gasteiger partial charge in [0, 0.05) is 6.08 Å². The first kappa shape index (κ1) is 13.7. The number of aromatic nitrogens is 3. The van der Waals surface area contributed by atoms with Gasteiger partial charge in [-0.2, -0.15) is 0 Å². The number of anilines is 1. The van der Waals surface area contributed by atoms with Crippen LogP contribution in [0.15, 0.2) is 54.6 Å². The summed E-state index contributed by atoms with van der Waals surface area (Å²) in [5, 5.41) is 3.52. The SMILES string of the molecule is O=C(/C=C/c1nc2ccccc2s1)Nc1nc2ccccc2[nH]1. The molecule has 2 aromatic carbocycles. The smallest absolute Gasteiger partial charge is 0.250 e. The van der Waals surface area contributed by atoms with Gasteiger partial charge in [0.25, 0.3) is 5.91 Å². The minimum atomic E-state index is -0.247. The Balaban J connectivity index is 1.50. The van der Waals surface area contributed by atoms with Crippen LogP contribution in [0.2, 0.25) is 0 Å². The number of amides is 1. The molecule has 5 nitrogen and oxygen atoms in total. The molecule has 4 rings (SSSR count). The molecule has 0 fully saturated rings. The molecule has 0 radical (unpaired) electrons. The summed E-state index contributed by atoms with van der Waals surface area (Å²) in [6, 6.07) is 15.5. The third kappa shape index (κ3) is 2.84. The number of rotatable bonds is 3. The summed E-state index contributed by atoms with van der Waals surface area (Å²) >= 11 is 1.55. The number of nitrogens with zero attached hydrogens (tertiary/aromatic N) is 2. The quantitative estimate of drug-likeness (QED) is 0.564. The van der Waals surface area contributed by atoms with E-state index in [1.54, 1.807) is 17.4 Å². The number of aromatic amines is 1. The van der Waals surface area contributed by atoms with E-state index in [0.717, 1.165) is 26.3 Å². The third-order valence-electron chi connectivity index (χ3n) is 3.32. The fourth-order valence-electron chi connectivity index (χ4n) is 2.28. The molecule has 0 unspecified atom stereocenters. The Morgan fingerprint density at radius 3 is 2.65 bits per heavy atom. The first-order valence-corrected chi connectivity index (χ1v) is 7.89. The highest BCUT2D eigenvalue weighted by molar-refractivity contribution is 7.19. The van der Waals surface area contributed by atoms with Gasteiger partial charge in [-0.1, -0.05) is 24.3 Å². The Labute approximate surface area is 135 Å². The summed E-state index contributed by atoms with van der Waals surface area (Å²) in [6.45, 7) is 0. The number of hydrogen-bond acceptors (Lipinski definition) is 4. The predicted molar refractivity (Wildman–Crippen MR) is 93.4 cm³/mol. The van der Waals surface area contributed by atoms with Crippen molar-refractivity contribution >= 4 is 50.5 Å². The standard InChI is InChI=1S/C17H12N4OS/c22-15(21-17-19-11-5-1-2-6-12(11)20-17)9-10-16-18-13-7-3-4-8-14(13)23-16/h1-10H,(H2,19,20,21,22)/b10-9+. The van der Waals surface area contributed by atoms with Crippen molar-refractivity contribution < 1.29 is 4.79 Å². The fourth-order valence-corrected chi connectivity index (χ4v) is 3.15. The van der Waals surface area contributed by atoms with E-state index >= 15 is 0 Å². The molecule has 0 aliphatic carbocycles. The van der Waals surface area contributed by atoms with E-state index < -0.39 is 0 Å². The summed E-state index contributed by atoms with van der Waals surface area (Å²) in [7, 11) is 0. The van der Waals surface area contributed by atoms with Gasteiger partial charge in [-0.25, -0.2) is 9.97 Å². The second-order valence-corrected chi connectivity index (χ2v) is 6.01. The van der Waals surface area contributed by atoms with E-state index in [0.29, 0.717) is 5.95 Å². The second kappa shape index (κ2) is 5.66. The lowest BCUT2D eigenvalue weighted by molar-refractivity contribution is -0.111. The number of carbonyl (C=O) groups excluding carboxylic acids is 1. The highest BCUT2D eigenvalue weighted by Crippen LogP contribution is 2.22. The minimum absolute atomic E-state index is 0.247. The van der Waals surface area contributed by atoms with Crippen LogP contribution in [0.3, 0.4) is 0 Å². The van der Waals surface area contributed by atoms with Crippen LogP contribution in [-0.2, 0) is 4.79 Å². The van der Waals surface area contributed by atoms with E-state index in [2.05, 4.69) is 20.3 Å². The predicted octanol–water partition coefficient (Wildman–Crippen LogP) is 3.82. The Morgan fingerprint density at radius 1 is 1.04 bits per heavy atom. The Morgan fingerprint density at radius 2 is 1.83 bits per heavy atom. The number of thiazole rings is 1. The molecule has 23 heavy (non-hydrogen) atoms. The maximum Gasteiger partial charge on any atom is 0.250 e.